The highest BCUT2D eigenvalue weighted by Gasteiger charge is 2.17. The lowest BCUT2D eigenvalue weighted by Gasteiger charge is -2.11. The van der Waals surface area contributed by atoms with Crippen LogP contribution in [0.3, 0.4) is 0 Å². The molecule has 1 N–H and O–H groups in total. The maximum Gasteiger partial charge on any atom is 0.250 e. The summed E-state index contributed by atoms with van der Waals surface area (Å²) < 4.78 is 8.51. The molecule has 4 rings (SSSR count). The van der Waals surface area contributed by atoms with Gasteiger partial charge < -0.3 is 4.74 Å². The van der Waals surface area contributed by atoms with Crippen molar-refractivity contribution in [3.63, 3.8) is 0 Å². The fraction of sp³-hybridized carbons (Fsp3) is 0.130. The quantitative estimate of drug-likeness (QED) is 0.174. The van der Waals surface area contributed by atoms with Crippen molar-refractivity contribution >= 4 is 51.2 Å². The van der Waals surface area contributed by atoms with Crippen LogP contribution in [0.15, 0.2) is 80.8 Å². The third-order valence-corrected chi connectivity index (χ3v) is 6.87. The van der Waals surface area contributed by atoms with Gasteiger partial charge in [-0.15, -0.1) is 21.5 Å². The van der Waals surface area contributed by atoms with Gasteiger partial charge in [-0.1, -0.05) is 42.1 Å². The second-order valence-corrected chi connectivity index (χ2v) is 10.1. The molecule has 4 aromatic rings. The first-order valence-corrected chi connectivity index (χ1v) is 12.7. The third kappa shape index (κ3) is 6.10. The molecule has 0 saturated heterocycles. The monoisotopic (exact) mass is 541 g/mol. The smallest absolute Gasteiger partial charge is 0.250 e. The van der Waals surface area contributed by atoms with Crippen LogP contribution in [0.5, 0.6) is 5.75 Å². The van der Waals surface area contributed by atoms with Crippen molar-refractivity contribution in [3.8, 4) is 22.8 Å². The summed E-state index contributed by atoms with van der Waals surface area (Å²) in [5.41, 5.74) is 4.37. The number of halogens is 1. The molecule has 0 aliphatic heterocycles. The van der Waals surface area contributed by atoms with E-state index >= 15 is 0 Å². The molecular weight excluding hydrogens is 522 g/mol. The number of amides is 1. The van der Waals surface area contributed by atoms with E-state index in [9.17, 15) is 4.79 Å². The molecule has 0 fully saturated rings. The number of nitrogens with one attached hydrogen (secondary N) is 1. The van der Waals surface area contributed by atoms with Crippen molar-refractivity contribution in [1.82, 2.24) is 20.2 Å². The Labute approximate surface area is 208 Å². The molecule has 2 aromatic carbocycles. The van der Waals surface area contributed by atoms with Gasteiger partial charge >= 0.3 is 0 Å². The number of ether oxygens (including phenoxy) is 1. The number of carbonyl (C=O) groups excluding carboxylic acids is 1. The van der Waals surface area contributed by atoms with E-state index in [0.29, 0.717) is 17.6 Å². The number of hydrogen-bond acceptors (Lipinski definition) is 7. The number of hydrazone groups is 1. The maximum absolute atomic E-state index is 12.3. The molecule has 2 aromatic heterocycles. The lowest BCUT2D eigenvalue weighted by Crippen LogP contribution is -2.19. The first-order valence-electron chi connectivity index (χ1n) is 10.1. The van der Waals surface area contributed by atoms with Crippen LogP contribution < -0.4 is 10.2 Å². The summed E-state index contributed by atoms with van der Waals surface area (Å²) in [6, 6.07) is 21.4. The van der Waals surface area contributed by atoms with Crippen LogP contribution in [-0.4, -0.2) is 39.2 Å². The van der Waals surface area contributed by atoms with Gasteiger partial charge in [0.05, 0.1) is 22.4 Å². The first-order chi connectivity index (χ1) is 16.1. The minimum absolute atomic E-state index is 0.148. The van der Waals surface area contributed by atoms with E-state index in [1.807, 2.05) is 78.2 Å². The van der Waals surface area contributed by atoms with Crippen LogP contribution >= 0.6 is 39.0 Å². The molecule has 0 unspecified atom stereocenters. The zero-order chi connectivity index (χ0) is 23.0. The summed E-state index contributed by atoms with van der Waals surface area (Å²) in [4.78, 5) is 13.3. The minimum Gasteiger partial charge on any atom is -0.494 e. The molecular formula is C23H20BrN5O2S2. The van der Waals surface area contributed by atoms with Gasteiger partial charge in [0.15, 0.2) is 11.0 Å². The summed E-state index contributed by atoms with van der Waals surface area (Å²) in [6.45, 7) is 2.55. The highest BCUT2D eigenvalue weighted by Crippen LogP contribution is 2.29. The predicted molar refractivity (Wildman–Crippen MR) is 136 cm³/mol. The Morgan fingerprint density at radius 2 is 1.94 bits per heavy atom. The molecule has 33 heavy (non-hydrogen) atoms. The number of rotatable bonds is 9. The first kappa shape index (κ1) is 23.2. The van der Waals surface area contributed by atoms with Crippen LogP contribution in [0.2, 0.25) is 0 Å². The van der Waals surface area contributed by atoms with Crippen LogP contribution in [0.4, 0.5) is 0 Å². The number of carbonyl (C=O) groups is 1. The second-order valence-electron chi connectivity index (χ2n) is 6.66. The molecule has 0 spiro atoms. The van der Waals surface area contributed by atoms with Gasteiger partial charge in [0.25, 0.3) is 5.91 Å². The lowest BCUT2D eigenvalue weighted by atomic mass is 10.2. The van der Waals surface area contributed by atoms with Crippen molar-refractivity contribution in [3.05, 3.63) is 75.4 Å². The van der Waals surface area contributed by atoms with Crippen molar-refractivity contribution in [2.24, 2.45) is 5.10 Å². The Kier molecular flexibility index (Phi) is 7.92. The number of benzene rings is 2. The van der Waals surface area contributed by atoms with Crippen molar-refractivity contribution < 1.29 is 9.53 Å². The molecule has 0 aliphatic rings. The van der Waals surface area contributed by atoms with Gasteiger partial charge in [0.2, 0.25) is 0 Å². The molecule has 0 atom stereocenters. The summed E-state index contributed by atoms with van der Waals surface area (Å²) in [5.74, 6) is 1.41. The van der Waals surface area contributed by atoms with Crippen molar-refractivity contribution in [1.29, 1.82) is 0 Å². The van der Waals surface area contributed by atoms with Gasteiger partial charge in [-0.2, -0.15) is 5.10 Å². The Hall–Kier alpha value is -2.95. The lowest BCUT2D eigenvalue weighted by molar-refractivity contribution is -0.118. The standard InChI is InChI=1S/C23H20BrN5O2S2/c1-2-31-18-10-8-17(9-11-18)29-22(16-6-4-3-5-7-16)27-28-23(29)32-15-21(30)26-25-14-19-12-13-20(24)33-19/h3-14H,2,15H2,1H3,(H,26,30). The average molecular weight is 542 g/mol. The Balaban J connectivity index is 1.52. The molecule has 7 nitrogen and oxygen atoms in total. The van der Waals surface area contributed by atoms with Crippen LogP contribution in [0, 0.1) is 0 Å². The van der Waals surface area contributed by atoms with E-state index < -0.39 is 0 Å². The Bertz CT molecular complexity index is 1240. The van der Waals surface area contributed by atoms with Gasteiger partial charge in [-0.3, -0.25) is 9.36 Å². The largest absolute Gasteiger partial charge is 0.494 e. The van der Waals surface area contributed by atoms with Crippen LogP contribution in [-0.2, 0) is 4.79 Å². The summed E-state index contributed by atoms with van der Waals surface area (Å²) >= 11 is 6.24. The van der Waals surface area contributed by atoms with Gasteiger partial charge in [0, 0.05) is 16.1 Å². The number of thioether (sulfide) groups is 1. The zero-order valence-electron chi connectivity index (χ0n) is 17.6. The van der Waals surface area contributed by atoms with E-state index in [2.05, 4.69) is 36.7 Å². The number of nitrogens with zero attached hydrogens (tertiary/aromatic N) is 4. The van der Waals surface area contributed by atoms with Crippen LogP contribution in [0.1, 0.15) is 11.8 Å². The molecule has 168 valence electrons. The van der Waals surface area contributed by atoms with E-state index in [1.54, 1.807) is 6.21 Å². The summed E-state index contributed by atoms with van der Waals surface area (Å²) in [5, 5.41) is 13.4. The topological polar surface area (TPSA) is 81.4 Å². The second kappa shape index (κ2) is 11.3. The SMILES string of the molecule is CCOc1ccc(-n2c(SCC(=O)NN=Cc3ccc(Br)s3)nnc2-c2ccccc2)cc1. The molecule has 2 heterocycles. The molecule has 10 heteroatoms. The van der Waals surface area contributed by atoms with E-state index in [-0.39, 0.29) is 11.7 Å². The summed E-state index contributed by atoms with van der Waals surface area (Å²) in [6.07, 6.45) is 1.62. The maximum atomic E-state index is 12.3. The highest BCUT2D eigenvalue weighted by atomic mass is 79.9. The molecule has 1 amide bonds. The fourth-order valence-electron chi connectivity index (χ4n) is 2.96. The van der Waals surface area contributed by atoms with Gasteiger partial charge in [0.1, 0.15) is 5.75 Å². The number of hydrogen-bond donors (Lipinski definition) is 1. The van der Waals surface area contributed by atoms with E-state index in [0.717, 1.165) is 25.7 Å². The zero-order valence-corrected chi connectivity index (χ0v) is 20.9. The average Bonchev–Trinajstić information content (AvgIpc) is 3.45. The Morgan fingerprint density at radius 1 is 1.15 bits per heavy atom. The predicted octanol–water partition coefficient (Wildman–Crippen LogP) is 5.40. The highest BCUT2D eigenvalue weighted by molar-refractivity contribution is 9.11. The third-order valence-electron chi connectivity index (χ3n) is 4.38. The molecule has 0 saturated carbocycles. The molecule has 0 aliphatic carbocycles. The van der Waals surface area contributed by atoms with Crippen molar-refractivity contribution in [2.45, 2.75) is 12.1 Å². The summed E-state index contributed by atoms with van der Waals surface area (Å²) in [7, 11) is 0. The number of thiophene rings is 1. The molecule has 0 bridgehead atoms. The van der Waals surface area contributed by atoms with E-state index in [1.165, 1.54) is 23.1 Å². The molecule has 0 radical (unpaired) electrons. The minimum atomic E-state index is -0.227. The van der Waals surface area contributed by atoms with Gasteiger partial charge in [-0.25, -0.2) is 5.43 Å². The fourth-order valence-corrected chi connectivity index (χ4v) is 5.00. The van der Waals surface area contributed by atoms with Crippen LogP contribution in [0.25, 0.3) is 17.1 Å². The van der Waals surface area contributed by atoms with Crippen molar-refractivity contribution in [2.75, 3.05) is 12.4 Å². The van der Waals surface area contributed by atoms with Gasteiger partial charge in [-0.05, 0) is 59.3 Å². The normalized spacial score (nSPS) is 11.1. The number of aromatic nitrogens is 3. The Morgan fingerprint density at radius 3 is 2.64 bits per heavy atom. The van der Waals surface area contributed by atoms with E-state index in [4.69, 9.17) is 4.74 Å².